The van der Waals surface area contributed by atoms with E-state index in [1.54, 1.807) is 0 Å². The predicted octanol–water partition coefficient (Wildman–Crippen LogP) is 7.96. The van der Waals surface area contributed by atoms with Crippen LogP contribution in [0.2, 0.25) is 0 Å². The lowest BCUT2D eigenvalue weighted by molar-refractivity contribution is 0.0605. The average molecular weight is 354 g/mol. The minimum atomic E-state index is 0.533. The number of nitrogens with zero attached hydrogens (tertiary/aromatic N) is 1. The molecule has 0 aromatic heterocycles. The van der Waals surface area contributed by atoms with Gasteiger partial charge in [0, 0.05) is 19.1 Å². The van der Waals surface area contributed by atoms with E-state index < -0.39 is 0 Å². The molecule has 0 radical (unpaired) electrons. The van der Waals surface area contributed by atoms with Crippen LogP contribution in [0, 0.1) is 17.3 Å². The molecule has 0 bridgehead atoms. The van der Waals surface area contributed by atoms with Crippen LogP contribution in [0.3, 0.4) is 0 Å². The largest absolute Gasteiger partial charge is 0.297 e. The quantitative estimate of drug-likeness (QED) is 0.380. The van der Waals surface area contributed by atoms with E-state index in [1.807, 2.05) is 13.8 Å². The van der Waals surface area contributed by atoms with Crippen molar-refractivity contribution >= 4 is 0 Å². The third-order valence-corrected chi connectivity index (χ3v) is 5.45. The average Bonchev–Trinajstić information content (AvgIpc) is 2.52. The Balaban J connectivity index is 0. The van der Waals surface area contributed by atoms with Gasteiger partial charge < -0.3 is 0 Å². The summed E-state index contributed by atoms with van der Waals surface area (Å²) in [6.07, 6.45) is 12.7. The Morgan fingerprint density at radius 1 is 1.08 bits per heavy atom. The smallest absolute Gasteiger partial charge is 0.0250 e. The first-order valence-electron chi connectivity index (χ1n) is 11.2. The summed E-state index contributed by atoms with van der Waals surface area (Å²) in [6, 6.07) is 0.634. The Labute approximate surface area is 161 Å². The molecule has 152 valence electrons. The van der Waals surface area contributed by atoms with Crippen LogP contribution in [0.1, 0.15) is 108 Å². The highest BCUT2D eigenvalue weighted by atomic mass is 15.2. The Morgan fingerprint density at radius 2 is 1.60 bits per heavy atom. The van der Waals surface area contributed by atoms with Crippen molar-refractivity contribution in [2.75, 3.05) is 13.1 Å². The van der Waals surface area contributed by atoms with Crippen molar-refractivity contribution in [2.45, 2.75) is 114 Å². The fraction of sp³-hybridized carbons (Fsp3) is 0.917. The topological polar surface area (TPSA) is 3.24 Å². The number of allylic oxidation sites excluding steroid dienone is 1. The van der Waals surface area contributed by atoms with Gasteiger partial charge in [-0.2, -0.15) is 0 Å². The third kappa shape index (κ3) is 11.1. The maximum atomic E-state index is 2.60. The summed E-state index contributed by atoms with van der Waals surface area (Å²) in [4.78, 5) is 2.60. The molecule has 1 aliphatic heterocycles. The van der Waals surface area contributed by atoms with Crippen LogP contribution in [0.25, 0.3) is 0 Å². The van der Waals surface area contributed by atoms with E-state index in [0.29, 0.717) is 11.5 Å². The molecule has 0 aliphatic carbocycles. The van der Waals surface area contributed by atoms with E-state index in [4.69, 9.17) is 0 Å². The van der Waals surface area contributed by atoms with E-state index in [0.717, 1.165) is 11.8 Å². The van der Waals surface area contributed by atoms with Crippen LogP contribution in [-0.4, -0.2) is 24.0 Å². The van der Waals surface area contributed by atoms with E-state index in [2.05, 4.69) is 72.4 Å². The molecule has 1 aliphatic rings. The molecule has 1 saturated heterocycles. The Morgan fingerprint density at radius 3 is 2.00 bits per heavy atom. The first-order chi connectivity index (χ1) is 11.9. The molecule has 25 heavy (non-hydrogen) atoms. The Bertz CT molecular complexity index is 299. The fourth-order valence-corrected chi connectivity index (χ4v) is 3.96. The van der Waals surface area contributed by atoms with Gasteiger partial charge in [-0.15, -0.1) is 0 Å². The molecule has 0 amide bonds. The zero-order chi connectivity index (χ0) is 19.9. The van der Waals surface area contributed by atoms with Gasteiger partial charge in [-0.1, -0.05) is 86.8 Å². The van der Waals surface area contributed by atoms with Gasteiger partial charge in [-0.05, 0) is 50.4 Å². The molecule has 0 aromatic rings. The lowest BCUT2D eigenvalue weighted by Crippen LogP contribution is -2.50. The monoisotopic (exact) mass is 353 g/mol. The normalized spacial score (nSPS) is 17.8. The van der Waals surface area contributed by atoms with Gasteiger partial charge in [0.1, 0.15) is 0 Å². The van der Waals surface area contributed by atoms with Gasteiger partial charge in [0.2, 0.25) is 0 Å². The summed E-state index contributed by atoms with van der Waals surface area (Å²) >= 11 is 0. The summed E-state index contributed by atoms with van der Waals surface area (Å²) < 4.78 is 0. The summed E-state index contributed by atoms with van der Waals surface area (Å²) in [5, 5.41) is 0. The third-order valence-electron chi connectivity index (χ3n) is 5.45. The second-order valence-corrected chi connectivity index (χ2v) is 8.21. The van der Waals surface area contributed by atoms with Gasteiger partial charge in [-0.3, -0.25) is 4.90 Å². The van der Waals surface area contributed by atoms with Crippen molar-refractivity contribution in [3.8, 4) is 0 Å². The standard InChI is InChI=1S/C19H37N.C3H8.C2H6/c1-7-10-16(4)20-14-17(15-20)11-12-18(9-3)19(5,6)13-8-2;1-3-2;1-2/h7,10,16-18H,8-9,11-15H2,1-6H3;3H2,1-2H3;1-2H3/b10-7+;;. The van der Waals surface area contributed by atoms with Crippen LogP contribution in [-0.2, 0) is 0 Å². The molecule has 2 unspecified atom stereocenters. The van der Waals surface area contributed by atoms with E-state index in [-0.39, 0.29) is 0 Å². The zero-order valence-corrected chi connectivity index (χ0v) is 19.5. The van der Waals surface area contributed by atoms with Gasteiger partial charge in [0.05, 0.1) is 0 Å². The summed E-state index contributed by atoms with van der Waals surface area (Å²) in [5.74, 6) is 1.86. The number of hydrogen-bond donors (Lipinski definition) is 0. The molecule has 1 nitrogen and oxygen atoms in total. The van der Waals surface area contributed by atoms with Crippen LogP contribution in [0.4, 0.5) is 0 Å². The molecule has 1 heteroatoms. The SMILES string of the molecule is C/C=C/C(C)N1CC(CCC(CC)C(C)(C)CCC)C1.CC.CCC. The molecule has 1 heterocycles. The highest BCUT2D eigenvalue weighted by Crippen LogP contribution is 2.38. The van der Waals surface area contributed by atoms with Crippen molar-refractivity contribution < 1.29 is 0 Å². The van der Waals surface area contributed by atoms with Gasteiger partial charge in [-0.25, -0.2) is 0 Å². The van der Waals surface area contributed by atoms with E-state index in [1.165, 1.54) is 51.6 Å². The lowest BCUT2D eigenvalue weighted by Gasteiger charge is -2.44. The van der Waals surface area contributed by atoms with Crippen LogP contribution < -0.4 is 0 Å². The molecule has 1 rings (SSSR count). The Hall–Kier alpha value is -0.300. The van der Waals surface area contributed by atoms with E-state index in [9.17, 15) is 0 Å². The van der Waals surface area contributed by atoms with Gasteiger partial charge >= 0.3 is 0 Å². The molecule has 2 atom stereocenters. The van der Waals surface area contributed by atoms with Gasteiger partial charge in [0.25, 0.3) is 0 Å². The van der Waals surface area contributed by atoms with Crippen LogP contribution >= 0.6 is 0 Å². The molecular weight excluding hydrogens is 302 g/mol. The van der Waals surface area contributed by atoms with Crippen molar-refractivity contribution in [1.82, 2.24) is 4.90 Å². The molecule has 0 saturated carbocycles. The van der Waals surface area contributed by atoms with Crippen molar-refractivity contribution in [3.05, 3.63) is 12.2 Å². The number of likely N-dealkylation sites (tertiary alicyclic amines) is 1. The summed E-state index contributed by atoms with van der Waals surface area (Å²) in [7, 11) is 0. The van der Waals surface area contributed by atoms with Crippen molar-refractivity contribution in [3.63, 3.8) is 0 Å². The molecular formula is C24H51N. The maximum absolute atomic E-state index is 2.60. The second kappa shape index (κ2) is 15.9. The zero-order valence-electron chi connectivity index (χ0n) is 19.5. The molecule has 1 fully saturated rings. The first kappa shape index (κ1) is 26.9. The minimum absolute atomic E-state index is 0.533. The molecule has 0 aromatic carbocycles. The summed E-state index contributed by atoms with van der Waals surface area (Å²) in [6.45, 7) is 25.0. The van der Waals surface area contributed by atoms with Crippen LogP contribution in [0.15, 0.2) is 12.2 Å². The van der Waals surface area contributed by atoms with Crippen molar-refractivity contribution in [1.29, 1.82) is 0 Å². The number of hydrogen-bond acceptors (Lipinski definition) is 1. The minimum Gasteiger partial charge on any atom is -0.297 e. The van der Waals surface area contributed by atoms with Crippen molar-refractivity contribution in [2.24, 2.45) is 17.3 Å². The summed E-state index contributed by atoms with van der Waals surface area (Å²) in [5.41, 5.74) is 0.533. The van der Waals surface area contributed by atoms with Gasteiger partial charge in [0.15, 0.2) is 0 Å². The fourth-order valence-electron chi connectivity index (χ4n) is 3.96. The predicted molar refractivity (Wildman–Crippen MR) is 118 cm³/mol. The highest BCUT2D eigenvalue weighted by molar-refractivity contribution is 4.95. The van der Waals surface area contributed by atoms with E-state index >= 15 is 0 Å². The first-order valence-corrected chi connectivity index (χ1v) is 11.2. The number of rotatable bonds is 9. The molecule has 0 N–H and O–H groups in total. The molecule has 0 spiro atoms. The van der Waals surface area contributed by atoms with Crippen LogP contribution in [0.5, 0.6) is 0 Å². The maximum Gasteiger partial charge on any atom is 0.0250 e. The lowest BCUT2D eigenvalue weighted by atomic mass is 9.71. The second-order valence-electron chi connectivity index (χ2n) is 8.21. The highest BCUT2D eigenvalue weighted by Gasteiger charge is 2.32. The Kier molecular flexibility index (Phi) is 17.1.